The maximum atomic E-state index is 13.2. The zero-order valence-electron chi connectivity index (χ0n) is 12.8. The predicted octanol–water partition coefficient (Wildman–Crippen LogP) is 5.27. The molecule has 0 aliphatic heterocycles. The Morgan fingerprint density at radius 3 is 2.46 bits per heavy atom. The van der Waals surface area contributed by atoms with E-state index in [4.69, 9.17) is 34.8 Å². The molecular formula is C15H8Cl3F3N4O. The van der Waals surface area contributed by atoms with Gasteiger partial charge in [-0.05, 0) is 31.2 Å². The van der Waals surface area contributed by atoms with Gasteiger partial charge in [0.15, 0.2) is 11.3 Å². The van der Waals surface area contributed by atoms with E-state index in [1.54, 1.807) is 0 Å². The number of carbonyl (C=O) groups excluding carboxylic acids is 1. The van der Waals surface area contributed by atoms with Crippen molar-refractivity contribution in [3.05, 3.63) is 56.4 Å². The average Bonchev–Trinajstić information content (AvgIpc) is 2.86. The van der Waals surface area contributed by atoms with Gasteiger partial charge >= 0.3 is 6.18 Å². The van der Waals surface area contributed by atoms with Crippen molar-refractivity contribution in [1.29, 1.82) is 0 Å². The van der Waals surface area contributed by atoms with Gasteiger partial charge in [-0.1, -0.05) is 34.8 Å². The highest BCUT2D eigenvalue weighted by molar-refractivity contribution is 6.42. The van der Waals surface area contributed by atoms with Gasteiger partial charge in [0.1, 0.15) is 10.7 Å². The molecule has 1 aromatic carbocycles. The topological polar surface area (TPSA) is 59.3 Å². The summed E-state index contributed by atoms with van der Waals surface area (Å²) in [5.74, 6) is -0.815. The quantitative estimate of drug-likeness (QED) is 0.611. The van der Waals surface area contributed by atoms with Crippen molar-refractivity contribution in [3.63, 3.8) is 0 Å². The largest absolute Gasteiger partial charge is 0.433 e. The van der Waals surface area contributed by atoms with Crippen LogP contribution in [0.1, 0.15) is 21.9 Å². The number of rotatable bonds is 2. The second-order valence-corrected chi connectivity index (χ2v) is 6.45. The molecule has 3 aromatic rings. The van der Waals surface area contributed by atoms with Crippen molar-refractivity contribution >= 4 is 52.0 Å². The van der Waals surface area contributed by atoms with Crippen molar-refractivity contribution in [2.75, 3.05) is 5.32 Å². The van der Waals surface area contributed by atoms with Gasteiger partial charge < -0.3 is 5.32 Å². The van der Waals surface area contributed by atoms with E-state index in [1.165, 1.54) is 25.1 Å². The molecule has 0 spiro atoms. The monoisotopic (exact) mass is 422 g/mol. The number of alkyl halides is 3. The lowest BCUT2D eigenvalue weighted by molar-refractivity contribution is -0.142. The summed E-state index contributed by atoms with van der Waals surface area (Å²) in [7, 11) is 0. The predicted molar refractivity (Wildman–Crippen MR) is 92.2 cm³/mol. The molecule has 0 unspecified atom stereocenters. The first kappa shape index (κ1) is 18.8. The summed E-state index contributed by atoms with van der Waals surface area (Å²) in [6, 6.07) is 5.13. The Balaban J connectivity index is 2.06. The fourth-order valence-electron chi connectivity index (χ4n) is 2.22. The number of aromatic nitrogens is 3. The maximum absolute atomic E-state index is 13.2. The molecule has 5 nitrogen and oxygen atoms in total. The molecule has 0 bridgehead atoms. The molecule has 1 N–H and O–H groups in total. The summed E-state index contributed by atoms with van der Waals surface area (Å²) >= 11 is 17.7. The summed E-state index contributed by atoms with van der Waals surface area (Å²) in [4.78, 5) is 16.3. The summed E-state index contributed by atoms with van der Waals surface area (Å²) in [5, 5.41) is 6.32. The van der Waals surface area contributed by atoms with Crippen LogP contribution in [0.3, 0.4) is 0 Å². The first-order valence-electron chi connectivity index (χ1n) is 6.97. The molecule has 0 atom stereocenters. The molecule has 0 radical (unpaired) electrons. The first-order valence-corrected chi connectivity index (χ1v) is 8.11. The number of hydrogen-bond donors (Lipinski definition) is 1. The molecule has 0 aliphatic carbocycles. The third kappa shape index (κ3) is 3.44. The zero-order valence-corrected chi connectivity index (χ0v) is 15.1. The van der Waals surface area contributed by atoms with Crippen LogP contribution in [0.25, 0.3) is 5.65 Å². The molecule has 0 saturated heterocycles. The smallest absolute Gasteiger partial charge is 0.320 e. The molecule has 0 saturated carbocycles. The fourth-order valence-corrected chi connectivity index (χ4v) is 2.77. The zero-order chi connectivity index (χ0) is 19.2. The average molecular weight is 424 g/mol. The Morgan fingerprint density at radius 2 is 1.85 bits per heavy atom. The highest BCUT2D eigenvalue weighted by atomic mass is 35.5. The summed E-state index contributed by atoms with van der Waals surface area (Å²) in [6.07, 6.45) is -4.70. The number of benzene rings is 1. The maximum Gasteiger partial charge on any atom is 0.433 e. The fraction of sp³-hybridized carbons (Fsp3) is 0.133. The van der Waals surface area contributed by atoms with Crippen LogP contribution in [-0.4, -0.2) is 20.5 Å². The molecule has 136 valence electrons. The third-order valence-electron chi connectivity index (χ3n) is 3.34. The van der Waals surface area contributed by atoms with E-state index >= 15 is 0 Å². The number of hydrogen-bond acceptors (Lipinski definition) is 3. The van der Waals surface area contributed by atoms with E-state index < -0.39 is 23.5 Å². The Bertz CT molecular complexity index is 1030. The molecule has 3 rings (SSSR count). The minimum atomic E-state index is -4.70. The highest BCUT2D eigenvalue weighted by Crippen LogP contribution is 2.32. The van der Waals surface area contributed by atoms with Gasteiger partial charge in [0.25, 0.3) is 5.91 Å². The number of nitrogens with one attached hydrogen (secondary N) is 1. The molecule has 26 heavy (non-hydrogen) atoms. The second kappa shape index (κ2) is 6.61. The number of carbonyl (C=O) groups is 1. The van der Waals surface area contributed by atoms with Crippen molar-refractivity contribution in [2.45, 2.75) is 13.1 Å². The van der Waals surface area contributed by atoms with E-state index in [0.717, 1.165) is 6.07 Å². The Morgan fingerprint density at radius 1 is 1.15 bits per heavy atom. The Hall–Kier alpha value is -2.03. The van der Waals surface area contributed by atoms with Crippen molar-refractivity contribution < 1.29 is 18.0 Å². The Labute approximate surface area is 159 Å². The van der Waals surface area contributed by atoms with Crippen LogP contribution >= 0.6 is 34.8 Å². The minimum Gasteiger partial charge on any atom is -0.320 e. The lowest BCUT2D eigenvalue weighted by Gasteiger charge is -2.09. The van der Waals surface area contributed by atoms with Crippen LogP contribution < -0.4 is 5.32 Å². The molecule has 11 heteroatoms. The summed E-state index contributed by atoms with van der Waals surface area (Å²) in [6.45, 7) is 1.38. The molecule has 0 fully saturated rings. The Kier molecular flexibility index (Phi) is 4.76. The van der Waals surface area contributed by atoms with E-state index in [-0.39, 0.29) is 32.1 Å². The van der Waals surface area contributed by atoms with Gasteiger partial charge in [-0.3, -0.25) is 4.79 Å². The molecule has 1 amide bonds. The van der Waals surface area contributed by atoms with Gasteiger partial charge in [-0.25, -0.2) is 9.50 Å². The molecular weight excluding hydrogens is 416 g/mol. The van der Waals surface area contributed by atoms with Crippen LogP contribution in [0.15, 0.2) is 24.3 Å². The highest BCUT2D eigenvalue weighted by Gasteiger charge is 2.36. The number of nitrogens with zero attached hydrogens (tertiary/aromatic N) is 3. The molecule has 2 aromatic heterocycles. The normalized spacial score (nSPS) is 11.8. The molecule has 0 aliphatic rings. The lowest BCUT2D eigenvalue weighted by Crippen LogP contribution is -2.15. The van der Waals surface area contributed by atoms with E-state index in [9.17, 15) is 18.0 Å². The van der Waals surface area contributed by atoms with Crippen LogP contribution in [0.2, 0.25) is 15.1 Å². The molecule has 2 heterocycles. The SMILES string of the molecule is Cc1cc(C(F)(F)F)n2nc(C(=O)Nc3ccc(Cl)c(Cl)c3)c(Cl)c2n1. The van der Waals surface area contributed by atoms with Crippen LogP contribution in [0.4, 0.5) is 18.9 Å². The number of anilines is 1. The van der Waals surface area contributed by atoms with Crippen molar-refractivity contribution in [3.8, 4) is 0 Å². The van der Waals surface area contributed by atoms with Gasteiger partial charge in [-0.15, -0.1) is 0 Å². The van der Waals surface area contributed by atoms with Crippen molar-refractivity contribution in [2.24, 2.45) is 0 Å². The van der Waals surface area contributed by atoms with Gasteiger partial charge in [0.05, 0.1) is 10.0 Å². The minimum absolute atomic E-state index is 0.0862. The van der Waals surface area contributed by atoms with E-state index in [1.807, 2.05) is 0 Å². The van der Waals surface area contributed by atoms with Gasteiger partial charge in [0.2, 0.25) is 0 Å². The van der Waals surface area contributed by atoms with E-state index in [0.29, 0.717) is 4.52 Å². The summed E-state index contributed by atoms with van der Waals surface area (Å²) in [5.41, 5.74) is -1.39. The number of aryl methyl sites for hydroxylation is 1. The van der Waals surface area contributed by atoms with Crippen molar-refractivity contribution in [1.82, 2.24) is 14.6 Å². The van der Waals surface area contributed by atoms with Gasteiger partial charge in [-0.2, -0.15) is 18.3 Å². The third-order valence-corrected chi connectivity index (χ3v) is 4.43. The van der Waals surface area contributed by atoms with E-state index in [2.05, 4.69) is 15.4 Å². The standard InChI is InChI=1S/C15H8Cl3F3N4O/c1-6-4-10(15(19,20)21)25-13(22-6)11(18)12(24-25)14(26)23-7-2-3-8(16)9(17)5-7/h2-5H,1H3,(H,23,26). The number of amides is 1. The first-order chi connectivity index (χ1) is 12.1. The number of halogens is 6. The van der Waals surface area contributed by atoms with Crippen LogP contribution in [0, 0.1) is 6.92 Å². The van der Waals surface area contributed by atoms with Crippen LogP contribution in [0.5, 0.6) is 0 Å². The van der Waals surface area contributed by atoms with Gasteiger partial charge in [0, 0.05) is 11.4 Å². The lowest BCUT2D eigenvalue weighted by atomic mass is 10.3. The second-order valence-electron chi connectivity index (χ2n) is 5.26. The number of fused-ring (bicyclic) bond motifs is 1. The summed E-state index contributed by atoms with van der Waals surface area (Å²) < 4.78 is 40.1. The van der Waals surface area contributed by atoms with Crippen LogP contribution in [-0.2, 0) is 6.18 Å².